The second-order valence-electron chi connectivity index (χ2n) is 5.93. The van der Waals surface area contributed by atoms with Crippen LogP contribution in [0.4, 0.5) is 5.69 Å². The fraction of sp³-hybridized carbons (Fsp3) is 0.400. The van der Waals surface area contributed by atoms with Crippen molar-refractivity contribution in [1.29, 1.82) is 0 Å². The van der Waals surface area contributed by atoms with Crippen molar-refractivity contribution >= 4 is 67.5 Å². The van der Waals surface area contributed by atoms with Gasteiger partial charge >= 0.3 is 5.97 Å². The van der Waals surface area contributed by atoms with E-state index in [0.717, 1.165) is 0 Å². The van der Waals surface area contributed by atoms with Crippen LogP contribution in [0.1, 0.15) is 12.8 Å². The molecule has 2 aliphatic heterocycles. The first-order valence-electron chi connectivity index (χ1n) is 7.61. The quantitative estimate of drug-likeness (QED) is 0.772. The molecule has 3 rings (SSSR count). The highest BCUT2D eigenvalue weighted by atomic mass is 35.5. The molecule has 1 amide bonds. The highest BCUT2D eigenvalue weighted by molar-refractivity contribution is 8.16. The van der Waals surface area contributed by atoms with Gasteiger partial charge in [0.15, 0.2) is 15.0 Å². The summed E-state index contributed by atoms with van der Waals surface area (Å²) < 4.78 is 24.0. The monoisotopic (exact) mass is 436 g/mol. The van der Waals surface area contributed by atoms with Crippen molar-refractivity contribution in [3.63, 3.8) is 0 Å². The van der Waals surface area contributed by atoms with Crippen LogP contribution in [0, 0.1) is 0 Å². The number of halogens is 2. The van der Waals surface area contributed by atoms with Gasteiger partial charge in [-0.2, -0.15) is 4.99 Å². The number of rotatable bonds is 4. The summed E-state index contributed by atoms with van der Waals surface area (Å²) in [6.07, 6.45) is -0.552. The van der Waals surface area contributed by atoms with Gasteiger partial charge in [0, 0.05) is 11.7 Å². The van der Waals surface area contributed by atoms with E-state index in [0.29, 0.717) is 15.9 Å². The van der Waals surface area contributed by atoms with E-state index in [9.17, 15) is 18.0 Å². The van der Waals surface area contributed by atoms with Crippen LogP contribution < -0.4 is 4.90 Å². The molecule has 140 valence electrons. The summed E-state index contributed by atoms with van der Waals surface area (Å²) in [5, 5.41) is 9.27. The predicted octanol–water partition coefficient (Wildman–Crippen LogP) is 2.46. The minimum Gasteiger partial charge on any atom is -0.481 e. The third-order valence-corrected chi connectivity index (χ3v) is 8.05. The van der Waals surface area contributed by atoms with E-state index in [4.69, 9.17) is 28.3 Å². The summed E-state index contributed by atoms with van der Waals surface area (Å²) in [5.74, 6) is -1.76. The van der Waals surface area contributed by atoms with E-state index >= 15 is 0 Å². The Morgan fingerprint density at radius 3 is 2.69 bits per heavy atom. The van der Waals surface area contributed by atoms with E-state index in [2.05, 4.69) is 4.99 Å². The number of aliphatic carboxylic acids is 1. The number of sulfone groups is 1. The normalized spacial score (nSPS) is 25.5. The molecular weight excluding hydrogens is 423 g/mol. The number of fused-ring (bicyclic) bond motifs is 1. The molecule has 2 fully saturated rings. The lowest BCUT2D eigenvalue weighted by Gasteiger charge is -2.25. The van der Waals surface area contributed by atoms with Gasteiger partial charge in [0.25, 0.3) is 0 Å². The van der Waals surface area contributed by atoms with Gasteiger partial charge in [-0.25, -0.2) is 8.42 Å². The number of amides is 1. The third kappa shape index (κ3) is 4.00. The molecule has 1 aromatic rings. The Hall–Kier alpha value is -1.29. The van der Waals surface area contributed by atoms with Crippen molar-refractivity contribution in [3.8, 4) is 0 Å². The van der Waals surface area contributed by atoms with Crippen molar-refractivity contribution in [3.05, 3.63) is 28.2 Å². The fourth-order valence-corrected chi connectivity index (χ4v) is 7.21. The molecule has 0 bridgehead atoms. The van der Waals surface area contributed by atoms with Gasteiger partial charge in [-0.3, -0.25) is 9.59 Å². The maximum absolute atomic E-state index is 12.0. The smallest absolute Gasteiger partial charge is 0.303 e. The summed E-state index contributed by atoms with van der Waals surface area (Å²) in [5.41, 5.74) is 0.473. The minimum atomic E-state index is -3.20. The molecule has 0 saturated carbocycles. The maximum Gasteiger partial charge on any atom is 0.303 e. The molecule has 26 heavy (non-hydrogen) atoms. The van der Waals surface area contributed by atoms with Crippen LogP contribution in [0.15, 0.2) is 23.2 Å². The lowest BCUT2D eigenvalue weighted by molar-refractivity contribution is -0.138. The maximum atomic E-state index is 12.0. The van der Waals surface area contributed by atoms with Gasteiger partial charge < -0.3 is 10.0 Å². The van der Waals surface area contributed by atoms with Crippen LogP contribution in [0.5, 0.6) is 0 Å². The Labute approximate surface area is 164 Å². The fourth-order valence-electron chi connectivity index (χ4n) is 2.90. The Morgan fingerprint density at radius 1 is 1.27 bits per heavy atom. The van der Waals surface area contributed by atoms with Crippen molar-refractivity contribution < 1.29 is 23.1 Å². The first-order chi connectivity index (χ1) is 12.2. The van der Waals surface area contributed by atoms with E-state index in [1.54, 1.807) is 23.1 Å². The highest BCUT2D eigenvalue weighted by Crippen LogP contribution is 2.44. The van der Waals surface area contributed by atoms with E-state index in [1.807, 2.05) is 0 Å². The molecule has 0 spiro atoms. The Balaban J connectivity index is 1.97. The molecule has 1 N–H and O–H groups in total. The second kappa shape index (κ2) is 7.38. The lowest BCUT2D eigenvalue weighted by atomic mass is 10.2. The first kappa shape index (κ1) is 19.5. The number of anilines is 1. The molecule has 0 aromatic heterocycles. The summed E-state index contributed by atoms with van der Waals surface area (Å²) >= 11 is 13.6. The number of benzene rings is 1. The van der Waals surface area contributed by atoms with Crippen molar-refractivity contribution in [2.24, 2.45) is 4.99 Å². The molecule has 2 aliphatic rings. The standard InChI is InChI=1S/C15H14Cl2N2O5S2/c16-8-2-1-3-9(14(8)17)19-10-6-26(23,24)7-11(10)25-15(19)18-12(20)4-5-13(21)22/h1-3,10-11H,4-7H2,(H,21,22). The van der Waals surface area contributed by atoms with Gasteiger partial charge in [0.1, 0.15) is 0 Å². The summed E-state index contributed by atoms with van der Waals surface area (Å²) in [6.45, 7) is 0. The van der Waals surface area contributed by atoms with Crippen LogP contribution in [-0.4, -0.2) is 53.4 Å². The van der Waals surface area contributed by atoms with Gasteiger partial charge in [0.05, 0.1) is 39.7 Å². The molecule has 0 radical (unpaired) electrons. The number of carboxylic acid groups (broad SMARTS) is 1. The summed E-state index contributed by atoms with van der Waals surface area (Å²) in [7, 11) is -3.20. The van der Waals surface area contributed by atoms with Crippen LogP contribution in [0.2, 0.25) is 10.0 Å². The largest absolute Gasteiger partial charge is 0.481 e. The molecule has 2 saturated heterocycles. The van der Waals surface area contributed by atoms with E-state index < -0.39 is 27.8 Å². The van der Waals surface area contributed by atoms with Crippen LogP contribution in [0.25, 0.3) is 0 Å². The predicted molar refractivity (Wildman–Crippen MR) is 102 cm³/mol. The van der Waals surface area contributed by atoms with Gasteiger partial charge in [-0.05, 0) is 12.1 Å². The van der Waals surface area contributed by atoms with Crippen molar-refractivity contribution in [1.82, 2.24) is 0 Å². The van der Waals surface area contributed by atoms with E-state index in [1.165, 1.54) is 11.8 Å². The van der Waals surface area contributed by atoms with E-state index in [-0.39, 0.29) is 34.6 Å². The second-order valence-corrected chi connectivity index (χ2v) is 10.1. The van der Waals surface area contributed by atoms with Gasteiger partial charge in [0.2, 0.25) is 5.91 Å². The number of amidine groups is 1. The van der Waals surface area contributed by atoms with Gasteiger partial charge in [-0.15, -0.1) is 0 Å². The van der Waals surface area contributed by atoms with Crippen molar-refractivity contribution in [2.45, 2.75) is 24.1 Å². The number of nitrogens with zero attached hydrogens (tertiary/aromatic N) is 2. The van der Waals surface area contributed by atoms with Gasteiger partial charge in [-0.1, -0.05) is 41.0 Å². The van der Waals surface area contributed by atoms with Crippen LogP contribution >= 0.6 is 35.0 Å². The summed E-state index contributed by atoms with van der Waals surface area (Å²) in [4.78, 5) is 28.3. The molecule has 11 heteroatoms. The first-order valence-corrected chi connectivity index (χ1v) is 11.1. The number of thioether (sulfide) groups is 1. The average molecular weight is 437 g/mol. The minimum absolute atomic E-state index is 0.0145. The lowest BCUT2D eigenvalue weighted by Crippen LogP contribution is -2.38. The molecule has 2 unspecified atom stereocenters. The van der Waals surface area contributed by atoms with Crippen molar-refractivity contribution in [2.75, 3.05) is 16.4 Å². The number of carbonyl (C=O) groups is 2. The number of aliphatic imine (C=N–C) groups is 1. The van der Waals surface area contributed by atoms with Crippen LogP contribution in [0.3, 0.4) is 0 Å². The topological polar surface area (TPSA) is 104 Å². The average Bonchev–Trinajstić information content (AvgIpc) is 2.99. The number of hydrogen-bond donors (Lipinski definition) is 1. The molecule has 0 aliphatic carbocycles. The summed E-state index contributed by atoms with van der Waals surface area (Å²) in [6, 6.07) is 4.55. The number of hydrogen-bond acceptors (Lipinski definition) is 5. The number of carbonyl (C=O) groups excluding carboxylic acids is 1. The molecule has 1 aromatic carbocycles. The highest BCUT2D eigenvalue weighted by Gasteiger charge is 2.49. The third-order valence-electron chi connectivity index (χ3n) is 4.03. The molecular formula is C15H14Cl2N2O5S2. The van der Waals surface area contributed by atoms with Crippen LogP contribution in [-0.2, 0) is 19.4 Å². The zero-order valence-corrected chi connectivity index (χ0v) is 16.4. The zero-order valence-electron chi connectivity index (χ0n) is 13.3. The number of carboxylic acids is 1. The SMILES string of the molecule is O=C(O)CCC(=O)N=C1SC2CS(=O)(=O)CC2N1c1cccc(Cl)c1Cl. The Kier molecular flexibility index (Phi) is 5.53. The Morgan fingerprint density at radius 2 is 2.00 bits per heavy atom. The molecule has 2 heterocycles. The molecule has 7 nitrogen and oxygen atoms in total. The Bertz CT molecular complexity index is 903. The zero-order chi connectivity index (χ0) is 19.1. The molecule has 2 atom stereocenters.